The lowest BCUT2D eigenvalue weighted by Gasteiger charge is -2.39. The smallest absolute Gasteiger partial charge is 0.379 e. The van der Waals surface area contributed by atoms with Crippen molar-refractivity contribution in [1.29, 1.82) is 0 Å². The number of likely N-dealkylation sites (tertiary alicyclic amines) is 1. The van der Waals surface area contributed by atoms with Gasteiger partial charge in [0.25, 0.3) is 0 Å². The van der Waals surface area contributed by atoms with Crippen molar-refractivity contribution in [3.8, 4) is 0 Å². The molecule has 37 heavy (non-hydrogen) atoms. The molecule has 1 aromatic carbocycles. The summed E-state index contributed by atoms with van der Waals surface area (Å²) < 4.78 is 47.9. The summed E-state index contributed by atoms with van der Waals surface area (Å²) >= 11 is 0. The molecule has 0 amide bonds. The first-order chi connectivity index (χ1) is 17.8. The standard InChI is InChI=1S/C28H34F3N5O/c1-20-18-21(2)32-26-25(20)33-27(28(29,30)31)36(26)19-23-7-5-22(6-8-23)4-3-11-34-12-9-24(10-13-34)35-14-16-37-17-15-35/h3-8,18,24H,9-17,19H2,1-2H3/b4-3+. The molecule has 2 aromatic heterocycles. The van der Waals surface area contributed by atoms with Gasteiger partial charge in [-0.15, -0.1) is 0 Å². The van der Waals surface area contributed by atoms with Crippen molar-refractivity contribution in [2.24, 2.45) is 0 Å². The van der Waals surface area contributed by atoms with E-state index in [0.29, 0.717) is 22.8 Å². The molecule has 5 rings (SSSR count). The molecule has 0 unspecified atom stereocenters. The van der Waals surface area contributed by atoms with Gasteiger partial charge in [-0.1, -0.05) is 36.4 Å². The highest BCUT2D eigenvalue weighted by Gasteiger charge is 2.38. The Labute approximate surface area is 215 Å². The van der Waals surface area contributed by atoms with Crippen LogP contribution >= 0.6 is 0 Å². The monoisotopic (exact) mass is 513 g/mol. The summed E-state index contributed by atoms with van der Waals surface area (Å²) in [4.78, 5) is 13.3. The lowest BCUT2D eigenvalue weighted by molar-refractivity contribution is -0.146. The fourth-order valence-electron chi connectivity index (χ4n) is 5.43. The second-order valence-electron chi connectivity index (χ2n) is 10.1. The highest BCUT2D eigenvalue weighted by Crippen LogP contribution is 2.32. The molecule has 2 aliphatic rings. The topological polar surface area (TPSA) is 46.4 Å². The number of rotatable bonds is 6. The van der Waals surface area contributed by atoms with Crippen molar-refractivity contribution in [1.82, 2.24) is 24.3 Å². The van der Waals surface area contributed by atoms with E-state index >= 15 is 0 Å². The maximum absolute atomic E-state index is 13.8. The van der Waals surface area contributed by atoms with Crippen LogP contribution in [0, 0.1) is 13.8 Å². The third-order valence-electron chi connectivity index (χ3n) is 7.39. The number of halogens is 3. The summed E-state index contributed by atoms with van der Waals surface area (Å²) in [5.41, 5.74) is 3.73. The van der Waals surface area contributed by atoms with Gasteiger partial charge in [-0.05, 0) is 62.5 Å². The Bertz CT molecular complexity index is 1240. The molecule has 0 saturated carbocycles. The Hall–Kier alpha value is -2.75. The molecule has 4 heterocycles. The number of pyridine rings is 1. The molecular weight excluding hydrogens is 479 g/mol. The van der Waals surface area contributed by atoms with Crippen LogP contribution in [0.2, 0.25) is 0 Å². The predicted octanol–water partition coefficient (Wildman–Crippen LogP) is 4.93. The summed E-state index contributed by atoms with van der Waals surface area (Å²) in [6.45, 7) is 10.5. The summed E-state index contributed by atoms with van der Waals surface area (Å²) in [5.74, 6) is -0.912. The van der Waals surface area contributed by atoms with E-state index in [1.807, 2.05) is 24.3 Å². The first-order valence-corrected chi connectivity index (χ1v) is 13.0. The van der Waals surface area contributed by atoms with Crippen LogP contribution in [0.5, 0.6) is 0 Å². The molecule has 6 nitrogen and oxygen atoms in total. The zero-order valence-electron chi connectivity index (χ0n) is 21.5. The van der Waals surface area contributed by atoms with E-state index < -0.39 is 12.0 Å². The Morgan fingerprint density at radius 3 is 2.38 bits per heavy atom. The summed E-state index contributed by atoms with van der Waals surface area (Å²) in [7, 11) is 0. The Morgan fingerprint density at radius 1 is 1.00 bits per heavy atom. The number of hydrogen-bond acceptors (Lipinski definition) is 5. The van der Waals surface area contributed by atoms with Crippen LogP contribution in [0.25, 0.3) is 17.2 Å². The Kier molecular flexibility index (Phi) is 7.65. The molecule has 0 atom stereocenters. The lowest BCUT2D eigenvalue weighted by atomic mass is 10.0. The number of aromatic nitrogens is 3. The van der Waals surface area contributed by atoms with Gasteiger partial charge in [-0.2, -0.15) is 13.2 Å². The van der Waals surface area contributed by atoms with Gasteiger partial charge < -0.3 is 9.30 Å². The number of piperidine rings is 1. The molecule has 2 aliphatic heterocycles. The average molecular weight is 514 g/mol. The number of ether oxygens (including phenoxy) is 1. The van der Waals surface area contributed by atoms with Crippen molar-refractivity contribution < 1.29 is 17.9 Å². The molecular formula is C28H34F3N5O. The van der Waals surface area contributed by atoms with Gasteiger partial charge >= 0.3 is 6.18 Å². The number of aryl methyl sites for hydroxylation is 2. The van der Waals surface area contributed by atoms with Crippen LogP contribution in [0.1, 0.15) is 41.1 Å². The molecule has 2 fully saturated rings. The van der Waals surface area contributed by atoms with Crippen molar-refractivity contribution in [2.75, 3.05) is 45.9 Å². The van der Waals surface area contributed by atoms with E-state index in [2.05, 4.69) is 31.9 Å². The summed E-state index contributed by atoms with van der Waals surface area (Å²) in [6, 6.07) is 10.1. The molecule has 0 bridgehead atoms. The molecule has 9 heteroatoms. The van der Waals surface area contributed by atoms with Gasteiger partial charge in [0.2, 0.25) is 5.82 Å². The van der Waals surface area contributed by atoms with Gasteiger partial charge in [0.05, 0.1) is 19.8 Å². The molecule has 0 spiro atoms. The van der Waals surface area contributed by atoms with Crippen LogP contribution in [-0.2, 0) is 17.5 Å². The lowest BCUT2D eigenvalue weighted by Crippen LogP contribution is -2.48. The molecule has 0 aliphatic carbocycles. The minimum atomic E-state index is -4.56. The zero-order chi connectivity index (χ0) is 26.0. The first kappa shape index (κ1) is 25.9. The average Bonchev–Trinajstić information content (AvgIpc) is 3.25. The number of fused-ring (bicyclic) bond motifs is 1. The highest BCUT2D eigenvalue weighted by atomic mass is 19.4. The van der Waals surface area contributed by atoms with Crippen LogP contribution in [0.4, 0.5) is 13.2 Å². The SMILES string of the molecule is Cc1cc(C)c2nc(C(F)(F)F)n(Cc3ccc(/C=C/CN4CCC(N5CCOCC5)CC4)cc3)c2n1. The molecule has 0 N–H and O–H groups in total. The third kappa shape index (κ3) is 6.05. The molecule has 0 radical (unpaired) electrons. The number of hydrogen-bond donors (Lipinski definition) is 0. The van der Waals surface area contributed by atoms with E-state index in [1.54, 1.807) is 19.9 Å². The van der Waals surface area contributed by atoms with Crippen LogP contribution < -0.4 is 0 Å². The largest absolute Gasteiger partial charge is 0.449 e. The van der Waals surface area contributed by atoms with Gasteiger partial charge in [-0.25, -0.2) is 9.97 Å². The minimum absolute atomic E-state index is 0.0588. The zero-order valence-corrected chi connectivity index (χ0v) is 21.5. The van der Waals surface area contributed by atoms with Crippen molar-refractivity contribution >= 4 is 17.2 Å². The van der Waals surface area contributed by atoms with Gasteiger partial charge in [-0.3, -0.25) is 9.80 Å². The van der Waals surface area contributed by atoms with Gasteiger partial charge in [0.15, 0.2) is 5.65 Å². The number of morpholine rings is 1. The normalized spacial score (nSPS) is 18.8. The Morgan fingerprint density at radius 2 is 1.70 bits per heavy atom. The van der Waals surface area contributed by atoms with Crippen LogP contribution in [0.3, 0.4) is 0 Å². The fourth-order valence-corrected chi connectivity index (χ4v) is 5.43. The number of nitrogens with zero attached hydrogens (tertiary/aromatic N) is 5. The van der Waals surface area contributed by atoms with Crippen molar-refractivity contribution in [3.05, 3.63) is 64.6 Å². The quantitative estimate of drug-likeness (QED) is 0.468. The van der Waals surface area contributed by atoms with E-state index in [-0.39, 0.29) is 12.2 Å². The van der Waals surface area contributed by atoms with Crippen molar-refractivity contribution in [3.63, 3.8) is 0 Å². The highest BCUT2D eigenvalue weighted by molar-refractivity contribution is 5.76. The second kappa shape index (κ2) is 10.9. The molecule has 3 aromatic rings. The minimum Gasteiger partial charge on any atom is -0.379 e. The Balaban J connectivity index is 1.21. The van der Waals surface area contributed by atoms with E-state index in [4.69, 9.17) is 4.74 Å². The maximum atomic E-state index is 13.8. The number of alkyl halides is 3. The van der Waals surface area contributed by atoms with E-state index in [1.165, 1.54) is 17.4 Å². The van der Waals surface area contributed by atoms with E-state index in [0.717, 1.165) is 57.1 Å². The number of imidazole rings is 1. The third-order valence-corrected chi connectivity index (χ3v) is 7.39. The molecule has 198 valence electrons. The van der Waals surface area contributed by atoms with Gasteiger partial charge in [0, 0.05) is 31.4 Å². The van der Waals surface area contributed by atoms with Crippen molar-refractivity contribution in [2.45, 2.75) is 45.5 Å². The molecule has 2 saturated heterocycles. The summed E-state index contributed by atoms with van der Waals surface area (Å²) in [6.07, 6.45) is 2.09. The van der Waals surface area contributed by atoms with Crippen LogP contribution in [0.15, 0.2) is 36.4 Å². The fraction of sp³-hybridized carbons (Fsp3) is 0.500. The summed E-state index contributed by atoms with van der Waals surface area (Å²) in [5, 5.41) is 0. The van der Waals surface area contributed by atoms with Gasteiger partial charge in [0.1, 0.15) is 5.52 Å². The van der Waals surface area contributed by atoms with E-state index in [9.17, 15) is 13.2 Å². The first-order valence-electron chi connectivity index (χ1n) is 13.0. The number of benzene rings is 1. The second-order valence-corrected chi connectivity index (χ2v) is 10.1. The van der Waals surface area contributed by atoms with Crippen LogP contribution in [-0.4, -0.2) is 76.3 Å². The predicted molar refractivity (Wildman–Crippen MR) is 138 cm³/mol. The maximum Gasteiger partial charge on any atom is 0.449 e.